The molecule has 0 aliphatic carbocycles. The molecule has 0 radical (unpaired) electrons. The van der Waals surface area contributed by atoms with Crippen LogP contribution in [0.4, 0.5) is 5.69 Å². The predicted octanol–water partition coefficient (Wildman–Crippen LogP) is 5.03. The van der Waals surface area contributed by atoms with Gasteiger partial charge in [0, 0.05) is 22.3 Å². The molecule has 0 unspecified atom stereocenters. The molecule has 0 atom stereocenters. The first-order valence-corrected chi connectivity index (χ1v) is 11.7. The third kappa shape index (κ3) is 6.46. The Morgan fingerprint density at radius 2 is 1.84 bits per heavy atom. The average molecular weight is 543 g/mol. The van der Waals surface area contributed by atoms with Crippen molar-refractivity contribution < 1.29 is 9.59 Å². The number of amides is 2. The van der Waals surface area contributed by atoms with Gasteiger partial charge in [-0.1, -0.05) is 50.9 Å². The molecule has 0 aliphatic heterocycles. The summed E-state index contributed by atoms with van der Waals surface area (Å²) >= 11 is 16.5. The maximum atomic E-state index is 12.4. The Morgan fingerprint density at radius 1 is 1.10 bits per heavy atom. The van der Waals surface area contributed by atoms with Gasteiger partial charge < -0.3 is 15.2 Å². The number of carbonyl (C=O) groups excluding carboxylic acids is 2. The molecule has 1 heterocycles. The number of anilines is 1. The Kier molecular flexibility index (Phi) is 8.36. The van der Waals surface area contributed by atoms with Gasteiger partial charge in [0.2, 0.25) is 5.91 Å². The van der Waals surface area contributed by atoms with E-state index in [2.05, 4.69) is 36.8 Å². The van der Waals surface area contributed by atoms with Gasteiger partial charge in [0.05, 0.1) is 22.3 Å². The SMILES string of the molecule is CCn1c(CNC(=O)c2ccc(Cl)c(Cl)c2)nnc1SCC(=O)Nc1ccc(Br)cc1. The minimum Gasteiger partial charge on any atom is -0.345 e. The summed E-state index contributed by atoms with van der Waals surface area (Å²) < 4.78 is 2.79. The van der Waals surface area contributed by atoms with E-state index in [0.717, 1.165) is 10.2 Å². The molecule has 1 aromatic heterocycles. The second-order valence-electron chi connectivity index (χ2n) is 6.30. The molecule has 0 saturated heterocycles. The van der Waals surface area contributed by atoms with E-state index < -0.39 is 0 Å². The molecule has 31 heavy (non-hydrogen) atoms. The molecule has 0 aliphatic rings. The highest BCUT2D eigenvalue weighted by molar-refractivity contribution is 9.10. The zero-order valence-electron chi connectivity index (χ0n) is 16.4. The topological polar surface area (TPSA) is 88.9 Å². The number of thioether (sulfide) groups is 1. The Bertz CT molecular complexity index is 1090. The molecule has 3 rings (SSSR count). The molecular weight excluding hydrogens is 525 g/mol. The van der Waals surface area contributed by atoms with Gasteiger partial charge >= 0.3 is 0 Å². The van der Waals surface area contributed by atoms with Crippen LogP contribution in [0.15, 0.2) is 52.1 Å². The highest BCUT2D eigenvalue weighted by Crippen LogP contribution is 2.23. The first kappa shape index (κ1) is 23.6. The van der Waals surface area contributed by atoms with Crippen molar-refractivity contribution in [1.29, 1.82) is 0 Å². The van der Waals surface area contributed by atoms with Crippen molar-refractivity contribution >= 4 is 68.4 Å². The largest absolute Gasteiger partial charge is 0.345 e. The Morgan fingerprint density at radius 3 is 2.52 bits per heavy atom. The number of nitrogens with one attached hydrogen (secondary N) is 2. The molecule has 2 amide bonds. The highest BCUT2D eigenvalue weighted by atomic mass is 79.9. The maximum absolute atomic E-state index is 12.4. The lowest BCUT2D eigenvalue weighted by Crippen LogP contribution is -2.24. The summed E-state index contributed by atoms with van der Waals surface area (Å²) in [7, 11) is 0. The summed E-state index contributed by atoms with van der Waals surface area (Å²) in [6.07, 6.45) is 0. The molecule has 2 aromatic carbocycles. The molecule has 0 saturated carbocycles. The summed E-state index contributed by atoms with van der Waals surface area (Å²) in [5, 5.41) is 15.2. The molecule has 0 spiro atoms. The number of benzene rings is 2. The normalized spacial score (nSPS) is 10.7. The number of aromatic nitrogens is 3. The van der Waals surface area contributed by atoms with Gasteiger partial charge in [0.1, 0.15) is 0 Å². The van der Waals surface area contributed by atoms with Crippen LogP contribution in [-0.4, -0.2) is 32.3 Å². The van der Waals surface area contributed by atoms with Crippen LogP contribution < -0.4 is 10.6 Å². The van der Waals surface area contributed by atoms with Gasteiger partial charge in [-0.2, -0.15) is 0 Å². The smallest absolute Gasteiger partial charge is 0.251 e. The second kappa shape index (κ2) is 11.0. The van der Waals surface area contributed by atoms with Crippen LogP contribution in [0.5, 0.6) is 0 Å². The molecule has 7 nitrogen and oxygen atoms in total. The lowest BCUT2D eigenvalue weighted by molar-refractivity contribution is -0.113. The van der Waals surface area contributed by atoms with E-state index in [1.165, 1.54) is 17.8 Å². The van der Waals surface area contributed by atoms with Crippen molar-refractivity contribution in [2.45, 2.75) is 25.2 Å². The van der Waals surface area contributed by atoms with Gasteiger partial charge in [-0.05, 0) is 49.4 Å². The van der Waals surface area contributed by atoms with Crippen molar-refractivity contribution in [3.8, 4) is 0 Å². The number of carbonyl (C=O) groups is 2. The summed E-state index contributed by atoms with van der Waals surface area (Å²) in [6, 6.07) is 12.0. The van der Waals surface area contributed by atoms with Crippen LogP contribution in [0.3, 0.4) is 0 Å². The van der Waals surface area contributed by atoms with Crippen molar-refractivity contribution in [2.24, 2.45) is 0 Å². The van der Waals surface area contributed by atoms with E-state index in [1.54, 1.807) is 12.1 Å². The molecule has 0 bridgehead atoms. The van der Waals surface area contributed by atoms with Crippen molar-refractivity contribution in [1.82, 2.24) is 20.1 Å². The van der Waals surface area contributed by atoms with Gasteiger partial charge in [-0.3, -0.25) is 9.59 Å². The lowest BCUT2D eigenvalue weighted by Gasteiger charge is -2.09. The Balaban J connectivity index is 1.57. The molecule has 162 valence electrons. The van der Waals surface area contributed by atoms with Crippen molar-refractivity contribution in [3.63, 3.8) is 0 Å². The number of hydrogen-bond acceptors (Lipinski definition) is 5. The third-order valence-corrected chi connectivity index (χ3v) is 6.39. The number of hydrogen-bond donors (Lipinski definition) is 2. The fourth-order valence-corrected chi connectivity index (χ4v) is 4.02. The maximum Gasteiger partial charge on any atom is 0.251 e. The fourth-order valence-electron chi connectivity index (χ4n) is 2.63. The molecular formula is C20H18BrCl2N5O2S. The third-order valence-electron chi connectivity index (χ3n) is 4.16. The molecule has 0 fully saturated rings. The molecule has 11 heteroatoms. The van der Waals surface area contributed by atoms with Crippen molar-refractivity contribution in [2.75, 3.05) is 11.1 Å². The van der Waals surface area contributed by atoms with Crippen LogP contribution in [0, 0.1) is 0 Å². The van der Waals surface area contributed by atoms with E-state index in [-0.39, 0.29) is 24.1 Å². The second-order valence-corrected chi connectivity index (χ2v) is 8.97. The Labute approximate surface area is 202 Å². The van der Waals surface area contributed by atoms with E-state index in [9.17, 15) is 9.59 Å². The standard InChI is InChI=1S/C20H18BrCl2N5O2S/c1-2-28-17(10-24-19(30)12-3-8-15(22)16(23)9-12)26-27-20(28)31-11-18(29)25-14-6-4-13(21)5-7-14/h3-9H,2,10-11H2,1H3,(H,24,30)(H,25,29). The first-order chi connectivity index (χ1) is 14.9. The minimum absolute atomic E-state index is 0.146. The zero-order chi connectivity index (χ0) is 22.4. The van der Waals surface area contributed by atoms with E-state index in [1.807, 2.05) is 35.8 Å². The van der Waals surface area contributed by atoms with Crippen LogP contribution >= 0.6 is 50.9 Å². The molecule has 3 aromatic rings. The van der Waals surface area contributed by atoms with Crippen LogP contribution in [-0.2, 0) is 17.9 Å². The van der Waals surface area contributed by atoms with Crippen LogP contribution in [0.1, 0.15) is 23.1 Å². The van der Waals surface area contributed by atoms with E-state index in [4.69, 9.17) is 23.2 Å². The lowest BCUT2D eigenvalue weighted by atomic mass is 10.2. The van der Waals surface area contributed by atoms with Gasteiger partial charge in [-0.25, -0.2) is 0 Å². The van der Waals surface area contributed by atoms with Crippen LogP contribution in [0.2, 0.25) is 10.0 Å². The Hall–Kier alpha value is -2.07. The summed E-state index contributed by atoms with van der Waals surface area (Å²) in [5.41, 5.74) is 1.12. The summed E-state index contributed by atoms with van der Waals surface area (Å²) in [4.78, 5) is 24.6. The monoisotopic (exact) mass is 541 g/mol. The fraction of sp³-hybridized carbons (Fsp3) is 0.200. The van der Waals surface area contributed by atoms with E-state index >= 15 is 0 Å². The van der Waals surface area contributed by atoms with Crippen molar-refractivity contribution in [3.05, 3.63) is 68.4 Å². The average Bonchev–Trinajstić information content (AvgIpc) is 3.16. The quantitative estimate of drug-likeness (QED) is 0.390. The first-order valence-electron chi connectivity index (χ1n) is 9.21. The predicted molar refractivity (Wildman–Crippen MR) is 127 cm³/mol. The van der Waals surface area contributed by atoms with E-state index in [0.29, 0.717) is 33.1 Å². The van der Waals surface area contributed by atoms with Gasteiger partial charge in [0.25, 0.3) is 5.91 Å². The zero-order valence-corrected chi connectivity index (χ0v) is 20.3. The van der Waals surface area contributed by atoms with Crippen LogP contribution in [0.25, 0.3) is 0 Å². The number of halogens is 3. The summed E-state index contributed by atoms with van der Waals surface area (Å²) in [6.45, 7) is 2.73. The number of rotatable bonds is 8. The minimum atomic E-state index is -0.299. The molecule has 2 N–H and O–H groups in total. The highest BCUT2D eigenvalue weighted by Gasteiger charge is 2.15. The van der Waals surface area contributed by atoms with Gasteiger partial charge in [0.15, 0.2) is 11.0 Å². The number of nitrogens with zero attached hydrogens (tertiary/aromatic N) is 3. The summed E-state index contributed by atoms with van der Waals surface area (Å²) in [5.74, 6) is 0.329. The van der Waals surface area contributed by atoms with Gasteiger partial charge in [-0.15, -0.1) is 10.2 Å².